The quantitative estimate of drug-likeness (QED) is 0.228. The van der Waals surface area contributed by atoms with Crippen molar-refractivity contribution in [3.05, 3.63) is 128 Å². The Bertz CT molecular complexity index is 1930. The number of rotatable bonds is 5. The first-order valence-corrected chi connectivity index (χ1v) is 15.0. The standard InChI is InChI=1S/C31H25N9O4S/c1-36(2)19-13-11-18(12-14-19)27-28-29(33-37(27)25-16-15-20(39(41)42)17-26(25)40(43)44)38-30(45-28)32-34-31(35-38)23-9-5-3-7-21(23)22-8-4-6-10-24(22)31/h3-17,27-28,34-35H,1-2H3. The molecule has 3 heterocycles. The predicted octanol–water partition coefficient (Wildman–Crippen LogP) is 5.12. The number of thioether (sulfide) groups is 1. The zero-order valence-corrected chi connectivity index (χ0v) is 24.8. The van der Waals surface area contributed by atoms with Crippen molar-refractivity contribution in [1.82, 2.24) is 15.9 Å². The highest BCUT2D eigenvalue weighted by Crippen LogP contribution is 2.52. The number of nitro benzene ring substituents is 2. The van der Waals surface area contributed by atoms with Gasteiger partial charge in [-0.1, -0.05) is 72.4 Å². The number of anilines is 2. The van der Waals surface area contributed by atoms with Crippen molar-refractivity contribution < 1.29 is 9.85 Å². The van der Waals surface area contributed by atoms with E-state index < -0.39 is 27.2 Å². The van der Waals surface area contributed by atoms with Crippen molar-refractivity contribution in [2.24, 2.45) is 10.2 Å². The molecule has 4 aromatic carbocycles. The molecule has 2 N–H and O–H groups in total. The second-order valence-electron chi connectivity index (χ2n) is 11.3. The van der Waals surface area contributed by atoms with E-state index in [2.05, 4.69) is 35.1 Å². The van der Waals surface area contributed by atoms with Gasteiger partial charge in [0.25, 0.3) is 5.69 Å². The van der Waals surface area contributed by atoms with Crippen LogP contribution in [0.5, 0.6) is 0 Å². The van der Waals surface area contributed by atoms with Crippen LogP contribution in [-0.2, 0) is 5.66 Å². The van der Waals surface area contributed by atoms with E-state index in [4.69, 9.17) is 10.2 Å². The highest BCUT2D eigenvalue weighted by molar-refractivity contribution is 8.15. The van der Waals surface area contributed by atoms with Crippen molar-refractivity contribution in [2.45, 2.75) is 17.0 Å². The Balaban J connectivity index is 1.26. The Labute approximate surface area is 261 Å². The molecule has 3 aliphatic heterocycles. The lowest BCUT2D eigenvalue weighted by atomic mass is 9.98. The van der Waals surface area contributed by atoms with Crippen LogP contribution in [0.4, 0.5) is 22.7 Å². The summed E-state index contributed by atoms with van der Waals surface area (Å²) in [5.41, 5.74) is 11.7. The molecule has 0 radical (unpaired) electrons. The molecule has 1 saturated heterocycles. The lowest BCUT2D eigenvalue weighted by molar-refractivity contribution is -0.393. The van der Waals surface area contributed by atoms with Gasteiger partial charge in [0.1, 0.15) is 10.9 Å². The normalized spacial score (nSPS) is 20.0. The number of amidine groups is 2. The second-order valence-corrected chi connectivity index (χ2v) is 12.4. The number of nitrogens with zero attached hydrogens (tertiary/aromatic N) is 7. The van der Waals surface area contributed by atoms with Crippen molar-refractivity contribution >= 4 is 45.5 Å². The third-order valence-corrected chi connectivity index (χ3v) is 9.79. The van der Waals surface area contributed by atoms with Crippen LogP contribution < -0.4 is 20.8 Å². The predicted molar refractivity (Wildman–Crippen MR) is 173 cm³/mol. The second kappa shape index (κ2) is 9.77. The van der Waals surface area contributed by atoms with E-state index in [0.717, 1.165) is 39.6 Å². The van der Waals surface area contributed by atoms with Crippen LogP contribution in [0.15, 0.2) is 101 Å². The molecule has 0 bridgehead atoms. The monoisotopic (exact) mass is 619 g/mol. The SMILES string of the molecule is CN(C)c1ccc(C2C3SC4=NNC5(NN4C3=NN2c2ccc([N+](=O)[O-])cc2[N+](=O)[O-])c2ccccc2-c2ccccc25)cc1. The highest BCUT2D eigenvalue weighted by Gasteiger charge is 2.56. The number of nitrogens with one attached hydrogen (secondary N) is 2. The van der Waals surface area contributed by atoms with Gasteiger partial charge in [-0.15, -0.1) is 0 Å². The lowest BCUT2D eigenvalue weighted by Crippen LogP contribution is -2.63. The van der Waals surface area contributed by atoms with Gasteiger partial charge in [0, 0.05) is 37.0 Å². The Kier molecular flexibility index (Phi) is 5.88. The molecule has 0 saturated carbocycles. The smallest absolute Gasteiger partial charge is 0.301 e. The average Bonchev–Trinajstić information content (AvgIpc) is 3.68. The molecule has 45 heavy (non-hydrogen) atoms. The van der Waals surface area contributed by atoms with Crippen molar-refractivity contribution in [3.8, 4) is 11.1 Å². The Morgan fingerprint density at radius 1 is 0.889 bits per heavy atom. The minimum absolute atomic E-state index is 0.162. The molecule has 1 fully saturated rings. The molecule has 4 aliphatic rings. The molecule has 0 amide bonds. The number of hydrogen-bond acceptors (Lipinski definition) is 12. The molecule has 8 rings (SSSR count). The van der Waals surface area contributed by atoms with E-state index in [9.17, 15) is 20.2 Å². The molecule has 13 nitrogen and oxygen atoms in total. The van der Waals surface area contributed by atoms with Crippen molar-refractivity contribution in [3.63, 3.8) is 0 Å². The zero-order valence-electron chi connectivity index (χ0n) is 24.0. The summed E-state index contributed by atoms with van der Waals surface area (Å²) < 4.78 is 0. The fourth-order valence-corrected chi connectivity index (χ4v) is 7.72. The number of nitro groups is 2. The van der Waals surface area contributed by atoms with E-state index in [1.165, 1.54) is 23.9 Å². The van der Waals surface area contributed by atoms with Gasteiger partial charge in [-0.25, -0.2) is 10.0 Å². The summed E-state index contributed by atoms with van der Waals surface area (Å²) in [7, 11) is 3.91. The van der Waals surface area contributed by atoms with Crippen LogP contribution in [0.25, 0.3) is 11.1 Å². The first-order valence-electron chi connectivity index (χ1n) is 14.1. The van der Waals surface area contributed by atoms with Crippen LogP contribution in [0, 0.1) is 20.2 Å². The fourth-order valence-electron chi connectivity index (χ4n) is 6.49. The molecule has 1 aliphatic carbocycles. The number of fused-ring (bicyclic) bond motifs is 8. The number of hydrazine groups is 1. The first kappa shape index (κ1) is 27.1. The van der Waals surface area contributed by atoms with Gasteiger partial charge in [-0.3, -0.25) is 25.7 Å². The average molecular weight is 620 g/mol. The van der Waals surface area contributed by atoms with E-state index in [1.807, 2.05) is 72.5 Å². The van der Waals surface area contributed by atoms with Gasteiger partial charge in [-0.2, -0.15) is 15.6 Å². The van der Waals surface area contributed by atoms with Crippen molar-refractivity contribution in [1.29, 1.82) is 0 Å². The summed E-state index contributed by atoms with van der Waals surface area (Å²) in [6.07, 6.45) is 0. The van der Waals surface area contributed by atoms with Gasteiger partial charge in [0.05, 0.1) is 22.0 Å². The van der Waals surface area contributed by atoms with Crippen LogP contribution in [0.1, 0.15) is 22.7 Å². The summed E-state index contributed by atoms with van der Waals surface area (Å²) in [6.45, 7) is 0. The van der Waals surface area contributed by atoms with Gasteiger partial charge < -0.3 is 4.90 Å². The maximum absolute atomic E-state index is 12.2. The van der Waals surface area contributed by atoms with Gasteiger partial charge in [0.15, 0.2) is 11.5 Å². The number of hydrogen-bond donors (Lipinski definition) is 2. The third kappa shape index (κ3) is 3.92. The molecule has 2 unspecified atom stereocenters. The largest absolute Gasteiger partial charge is 0.378 e. The molecule has 1 spiro atoms. The van der Waals surface area contributed by atoms with Crippen LogP contribution >= 0.6 is 11.8 Å². The number of benzene rings is 4. The minimum Gasteiger partial charge on any atom is -0.378 e. The molecule has 4 aromatic rings. The zero-order chi connectivity index (χ0) is 31.0. The molecule has 0 aromatic heterocycles. The number of hydrazone groups is 2. The summed E-state index contributed by atoms with van der Waals surface area (Å²) in [5, 5.41) is 37.4. The van der Waals surface area contributed by atoms with Gasteiger partial charge >= 0.3 is 5.69 Å². The first-order chi connectivity index (χ1) is 21.8. The molecule has 14 heteroatoms. The summed E-state index contributed by atoms with van der Waals surface area (Å²) in [4.78, 5) is 24.5. The van der Waals surface area contributed by atoms with E-state index in [-0.39, 0.29) is 16.6 Å². The van der Waals surface area contributed by atoms with Crippen LogP contribution in [0.3, 0.4) is 0 Å². The molecular formula is C31H25N9O4S. The van der Waals surface area contributed by atoms with Crippen molar-refractivity contribution in [2.75, 3.05) is 24.0 Å². The Morgan fingerprint density at radius 3 is 2.18 bits per heavy atom. The molecule has 224 valence electrons. The highest BCUT2D eigenvalue weighted by atomic mass is 32.2. The molecule has 2 atom stereocenters. The minimum atomic E-state index is -0.871. The summed E-state index contributed by atoms with van der Waals surface area (Å²) in [5.74, 6) is 0.621. The van der Waals surface area contributed by atoms with Crippen LogP contribution in [-0.4, -0.2) is 45.2 Å². The third-order valence-electron chi connectivity index (χ3n) is 8.58. The summed E-state index contributed by atoms with van der Waals surface area (Å²) in [6, 6.07) is 27.4. The van der Waals surface area contributed by atoms with E-state index in [0.29, 0.717) is 11.0 Å². The lowest BCUT2D eigenvalue weighted by Gasteiger charge is -2.40. The Hall–Kier alpha value is -5.47. The molecular weight excluding hydrogens is 594 g/mol. The summed E-state index contributed by atoms with van der Waals surface area (Å²) >= 11 is 1.49. The maximum Gasteiger partial charge on any atom is 0.301 e. The number of non-ortho nitro benzene ring substituents is 1. The van der Waals surface area contributed by atoms with Crippen LogP contribution in [0.2, 0.25) is 0 Å². The van der Waals surface area contributed by atoms with E-state index in [1.54, 1.807) is 5.01 Å². The maximum atomic E-state index is 12.2. The van der Waals surface area contributed by atoms with Gasteiger partial charge in [-0.05, 0) is 34.9 Å². The van der Waals surface area contributed by atoms with Gasteiger partial charge in [0.2, 0.25) is 5.17 Å². The topological polar surface area (TPSA) is 145 Å². The fraction of sp³-hybridized carbons (Fsp3) is 0.161. The van der Waals surface area contributed by atoms with E-state index >= 15 is 0 Å². The Morgan fingerprint density at radius 2 is 1.56 bits per heavy atom.